The molecule has 1 unspecified atom stereocenters. The predicted molar refractivity (Wildman–Crippen MR) is 105 cm³/mol. The van der Waals surface area contributed by atoms with Gasteiger partial charge in [-0.3, -0.25) is 14.8 Å². The Kier molecular flexibility index (Phi) is 5.86. The summed E-state index contributed by atoms with van der Waals surface area (Å²) in [5.41, 5.74) is 0.580. The van der Waals surface area contributed by atoms with Crippen LogP contribution in [-0.4, -0.2) is 52.7 Å². The van der Waals surface area contributed by atoms with Crippen LogP contribution in [0.5, 0.6) is 5.75 Å². The first kappa shape index (κ1) is 18.9. The van der Waals surface area contributed by atoms with Gasteiger partial charge >= 0.3 is 0 Å². The van der Waals surface area contributed by atoms with E-state index in [0.717, 1.165) is 57.6 Å². The fourth-order valence-corrected chi connectivity index (χ4v) is 4.29. The van der Waals surface area contributed by atoms with E-state index in [1.165, 1.54) is 0 Å². The molecule has 2 saturated heterocycles. The lowest BCUT2D eigenvalue weighted by atomic mass is 9.78. The van der Waals surface area contributed by atoms with Gasteiger partial charge in [-0.2, -0.15) is 0 Å². The molecule has 2 aliphatic heterocycles. The average molecular weight is 381 g/mol. The summed E-state index contributed by atoms with van der Waals surface area (Å²) in [5.74, 6) is 1.50. The maximum Gasteiger partial charge on any atom is 0.255 e. The first-order chi connectivity index (χ1) is 13.7. The number of amides is 1. The summed E-state index contributed by atoms with van der Waals surface area (Å²) in [4.78, 5) is 22.7. The van der Waals surface area contributed by atoms with Gasteiger partial charge in [0, 0.05) is 38.3 Å². The second kappa shape index (κ2) is 8.69. The van der Waals surface area contributed by atoms with Crippen LogP contribution < -0.4 is 4.74 Å². The summed E-state index contributed by atoms with van der Waals surface area (Å²) in [6.45, 7) is 2.99. The van der Waals surface area contributed by atoms with Gasteiger partial charge in [0.1, 0.15) is 5.75 Å². The van der Waals surface area contributed by atoms with Crippen molar-refractivity contribution >= 4 is 5.91 Å². The Hall–Kier alpha value is -2.47. The van der Waals surface area contributed by atoms with Gasteiger partial charge in [-0.15, -0.1) is 0 Å². The van der Waals surface area contributed by atoms with Gasteiger partial charge < -0.3 is 14.4 Å². The smallest absolute Gasteiger partial charge is 0.255 e. The van der Waals surface area contributed by atoms with Crippen LogP contribution >= 0.6 is 0 Å². The van der Waals surface area contributed by atoms with E-state index < -0.39 is 0 Å². The fraction of sp³-hybridized carbons (Fsp3) is 0.500. The van der Waals surface area contributed by atoms with Crippen molar-refractivity contribution in [1.82, 2.24) is 14.9 Å². The highest BCUT2D eigenvalue weighted by Gasteiger charge is 2.41. The van der Waals surface area contributed by atoms with Crippen molar-refractivity contribution in [3.63, 3.8) is 0 Å². The summed E-state index contributed by atoms with van der Waals surface area (Å²) < 4.78 is 12.1. The molecule has 4 heterocycles. The first-order valence-corrected chi connectivity index (χ1v) is 10.1. The molecule has 0 radical (unpaired) electrons. The molecule has 0 saturated carbocycles. The van der Waals surface area contributed by atoms with E-state index in [1.54, 1.807) is 30.9 Å². The molecule has 2 fully saturated rings. The topological polar surface area (TPSA) is 64.6 Å². The van der Waals surface area contributed by atoms with E-state index >= 15 is 0 Å². The van der Waals surface area contributed by atoms with Crippen LogP contribution in [0.2, 0.25) is 0 Å². The highest BCUT2D eigenvalue weighted by molar-refractivity contribution is 5.93. The third-order valence-corrected chi connectivity index (χ3v) is 5.89. The van der Waals surface area contributed by atoms with Crippen LogP contribution in [-0.2, 0) is 4.74 Å². The molecule has 1 atom stereocenters. The van der Waals surface area contributed by atoms with E-state index in [4.69, 9.17) is 9.47 Å². The van der Waals surface area contributed by atoms with Gasteiger partial charge in [-0.1, -0.05) is 0 Å². The molecule has 2 aliphatic rings. The Balaban J connectivity index is 1.27. The Morgan fingerprint density at radius 1 is 1.18 bits per heavy atom. The SMILES string of the molecule is O=C(c1cccnc1)N1CCC2(CC1)CC(CCOc1cccnc1)CCO2. The predicted octanol–water partition coefficient (Wildman–Crippen LogP) is 3.35. The van der Waals surface area contributed by atoms with E-state index in [0.29, 0.717) is 18.1 Å². The van der Waals surface area contributed by atoms with Crippen molar-refractivity contribution in [3.8, 4) is 5.75 Å². The van der Waals surface area contributed by atoms with Crippen LogP contribution in [0.4, 0.5) is 0 Å². The molecule has 6 heteroatoms. The maximum atomic E-state index is 12.6. The molecule has 1 amide bonds. The number of likely N-dealkylation sites (tertiary alicyclic amines) is 1. The Morgan fingerprint density at radius 3 is 2.68 bits per heavy atom. The third-order valence-electron chi connectivity index (χ3n) is 5.89. The van der Waals surface area contributed by atoms with Crippen LogP contribution in [0.15, 0.2) is 49.1 Å². The molecule has 2 aromatic rings. The molecule has 6 nitrogen and oxygen atoms in total. The quantitative estimate of drug-likeness (QED) is 0.795. The zero-order valence-electron chi connectivity index (χ0n) is 16.1. The van der Waals surface area contributed by atoms with Crippen molar-refractivity contribution in [3.05, 3.63) is 54.6 Å². The maximum absolute atomic E-state index is 12.6. The third kappa shape index (κ3) is 4.50. The van der Waals surface area contributed by atoms with Crippen molar-refractivity contribution in [2.24, 2.45) is 5.92 Å². The molecule has 0 bridgehead atoms. The number of piperidine rings is 1. The summed E-state index contributed by atoms with van der Waals surface area (Å²) in [6, 6.07) is 7.46. The van der Waals surface area contributed by atoms with Crippen molar-refractivity contribution in [2.75, 3.05) is 26.3 Å². The number of carbonyl (C=O) groups excluding carboxylic acids is 1. The highest BCUT2D eigenvalue weighted by atomic mass is 16.5. The van der Waals surface area contributed by atoms with Crippen molar-refractivity contribution in [2.45, 2.75) is 37.7 Å². The Bertz CT molecular complexity index is 761. The van der Waals surface area contributed by atoms with E-state index in [2.05, 4.69) is 9.97 Å². The van der Waals surface area contributed by atoms with Gasteiger partial charge in [-0.05, 0) is 62.3 Å². The minimum atomic E-state index is -0.0804. The largest absolute Gasteiger partial charge is 0.492 e. The molecule has 0 aliphatic carbocycles. The van der Waals surface area contributed by atoms with Crippen LogP contribution in [0, 0.1) is 5.92 Å². The molecule has 1 spiro atoms. The standard InChI is InChI=1S/C22H27N3O3/c26-21(19-3-1-9-23-16-19)25-11-7-22(8-12-25)15-18(6-14-28-22)5-13-27-20-4-2-10-24-17-20/h1-4,9-10,16-18H,5-8,11-15H2. The van der Waals surface area contributed by atoms with Gasteiger partial charge in [0.15, 0.2) is 0 Å². The van der Waals surface area contributed by atoms with E-state index in [-0.39, 0.29) is 11.5 Å². The molecule has 2 aromatic heterocycles. The van der Waals surface area contributed by atoms with Gasteiger partial charge in [-0.25, -0.2) is 0 Å². The van der Waals surface area contributed by atoms with Crippen molar-refractivity contribution < 1.29 is 14.3 Å². The number of hydrogen-bond donors (Lipinski definition) is 0. The number of nitrogens with zero attached hydrogens (tertiary/aromatic N) is 3. The summed E-state index contributed by atoms with van der Waals surface area (Å²) in [6.07, 6.45) is 11.8. The molecule has 148 valence electrons. The average Bonchev–Trinajstić information content (AvgIpc) is 2.75. The number of pyridine rings is 2. The Morgan fingerprint density at radius 2 is 1.96 bits per heavy atom. The molecular weight excluding hydrogens is 354 g/mol. The number of aromatic nitrogens is 2. The lowest BCUT2D eigenvalue weighted by molar-refractivity contribution is -0.125. The van der Waals surface area contributed by atoms with E-state index in [9.17, 15) is 4.79 Å². The molecule has 0 aromatic carbocycles. The summed E-state index contributed by atoms with van der Waals surface area (Å²) >= 11 is 0. The zero-order valence-corrected chi connectivity index (χ0v) is 16.1. The number of carbonyl (C=O) groups is 1. The fourth-order valence-electron chi connectivity index (χ4n) is 4.29. The number of rotatable bonds is 5. The lowest BCUT2D eigenvalue weighted by Gasteiger charge is -2.46. The minimum absolute atomic E-state index is 0.0696. The number of ether oxygens (including phenoxy) is 2. The molecular formula is C22H27N3O3. The normalized spacial score (nSPS) is 21.4. The second-order valence-corrected chi connectivity index (χ2v) is 7.75. The van der Waals surface area contributed by atoms with Crippen LogP contribution in [0.1, 0.15) is 42.5 Å². The molecule has 4 rings (SSSR count). The minimum Gasteiger partial charge on any atom is -0.492 e. The Labute approximate surface area is 165 Å². The van der Waals surface area contributed by atoms with Gasteiger partial charge in [0.05, 0.1) is 24.0 Å². The van der Waals surface area contributed by atoms with Gasteiger partial charge in [0.25, 0.3) is 5.91 Å². The van der Waals surface area contributed by atoms with Gasteiger partial charge in [0.2, 0.25) is 0 Å². The first-order valence-electron chi connectivity index (χ1n) is 10.1. The molecule has 0 N–H and O–H groups in total. The van der Waals surface area contributed by atoms with Crippen LogP contribution in [0.25, 0.3) is 0 Å². The molecule has 28 heavy (non-hydrogen) atoms. The highest BCUT2D eigenvalue weighted by Crippen LogP contribution is 2.39. The van der Waals surface area contributed by atoms with Crippen molar-refractivity contribution in [1.29, 1.82) is 0 Å². The second-order valence-electron chi connectivity index (χ2n) is 7.75. The summed E-state index contributed by atoms with van der Waals surface area (Å²) in [7, 11) is 0. The lowest BCUT2D eigenvalue weighted by Crippen LogP contribution is -2.50. The summed E-state index contributed by atoms with van der Waals surface area (Å²) in [5, 5.41) is 0. The van der Waals surface area contributed by atoms with E-state index in [1.807, 2.05) is 23.1 Å². The van der Waals surface area contributed by atoms with Crippen LogP contribution in [0.3, 0.4) is 0 Å². The zero-order chi connectivity index (χ0) is 19.2. The number of hydrogen-bond acceptors (Lipinski definition) is 5. The monoisotopic (exact) mass is 381 g/mol.